The molecule has 2 aromatic rings. The zero-order valence-corrected chi connectivity index (χ0v) is 13.5. The second-order valence-electron chi connectivity index (χ2n) is 4.42. The van der Waals surface area contributed by atoms with Crippen molar-refractivity contribution in [2.75, 3.05) is 11.9 Å². The Hall–Kier alpha value is -1.97. The number of nitrogens with one attached hydrogen (secondary N) is 1. The Morgan fingerprint density at radius 3 is 2.36 bits per heavy atom. The number of hydrogen-bond acceptors (Lipinski definition) is 2. The predicted octanol–water partition coefficient (Wildman–Crippen LogP) is 5.04. The van der Waals surface area contributed by atoms with Crippen molar-refractivity contribution in [1.82, 2.24) is 0 Å². The van der Waals surface area contributed by atoms with Gasteiger partial charge >= 0.3 is 0 Å². The number of halogens is 2. The monoisotopic (exact) mass is 335 g/mol. The van der Waals surface area contributed by atoms with Gasteiger partial charge in [0.15, 0.2) is 0 Å². The number of rotatable bonds is 5. The standard InChI is InChI=1S/C17H15Cl2NO2/c1-2-22-13-9-6-12(7-10-13)8-11-16(21)20-17-14(18)4-3-5-15(17)19/h3-11H,2H2,1H3,(H,20,21)/b11-8+. The van der Waals surface area contributed by atoms with Crippen molar-refractivity contribution in [3.8, 4) is 5.75 Å². The Morgan fingerprint density at radius 1 is 1.14 bits per heavy atom. The fourth-order valence-electron chi connectivity index (χ4n) is 1.80. The molecule has 0 radical (unpaired) electrons. The highest BCUT2D eigenvalue weighted by Gasteiger charge is 2.07. The SMILES string of the molecule is CCOc1ccc(/C=C/C(=O)Nc2c(Cl)cccc2Cl)cc1. The fraction of sp³-hybridized carbons (Fsp3) is 0.118. The number of anilines is 1. The third kappa shape index (κ3) is 4.52. The van der Waals surface area contributed by atoms with Crippen LogP contribution in [0.1, 0.15) is 12.5 Å². The van der Waals surface area contributed by atoms with Crippen LogP contribution >= 0.6 is 23.2 Å². The van der Waals surface area contributed by atoms with Gasteiger partial charge in [0.2, 0.25) is 5.91 Å². The molecular formula is C17H15Cl2NO2. The van der Waals surface area contributed by atoms with Crippen molar-refractivity contribution in [3.63, 3.8) is 0 Å². The molecule has 5 heteroatoms. The van der Waals surface area contributed by atoms with Gasteiger partial charge < -0.3 is 10.1 Å². The van der Waals surface area contributed by atoms with Crippen molar-refractivity contribution >= 4 is 40.9 Å². The summed E-state index contributed by atoms with van der Waals surface area (Å²) in [6.07, 6.45) is 3.13. The van der Waals surface area contributed by atoms with Gasteiger partial charge in [-0.3, -0.25) is 4.79 Å². The van der Waals surface area contributed by atoms with Crippen LogP contribution in [-0.2, 0) is 4.79 Å². The lowest BCUT2D eigenvalue weighted by Crippen LogP contribution is -2.08. The Bertz CT molecular complexity index is 661. The summed E-state index contributed by atoms with van der Waals surface area (Å²) in [6, 6.07) is 12.5. The van der Waals surface area contributed by atoms with Gasteiger partial charge in [-0.05, 0) is 42.8 Å². The van der Waals surface area contributed by atoms with E-state index in [0.29, 0.717) is 22.3 Å². The van der Waals surface area contributed by atoms with Crippen molar-refractivity contribution in [1.29, 1.82) is 0 Å². The van der Waals surface area contributed by atoms with Crippen LogP contribution in [0.2, 0.25) is 10.0 Å². The smallest absolute Gasteiger partial charge is 0.248 e. The molecule has 0 saturated heterocycles. The number of hydrogen-bond donors (Lipinski definition) is 1. The zero-order valence-electron chi connectivity index (χ0n) is 12.0. The van der Waals surface area contributed by atoms with Gasteiger partial charge in [0, 0.05) is 6.08 Å². The maximum absolute atomic E-state index is 11.9. The number of carbonyl (C=O) groups is 1. The molecule has 0 unspecified atom stereocenters. The van der Waals surface area contributed by atoms with E-state index < -0.39 is 0 Å². The summed E-state index contributed by atoms with van der Waals surface area (Å²) in [6.45, 7) is 2.55. The Balaban J connectivity index is 2.02. The molecule has 22 heavy (non-hydrogen) atoms. The van der Waals surface area contributed by atoms with Crippen LogP contribution in [0.5, 0.6) is 5.75 Å². The van der Waals surface area contributed by atoms with E-state index in [1.165, 1.54) is 6.08 Å². The number of amides is 1. The van der Waals surface area contributed by atoms with Gasteiger partial charge in [0.05, 0.1) is 22.3 Å². The largest absolute Gasteiger partial charge is 0.494 e. The van der Waals surface area contributed by atoms with Crippen LogP contribution in [0.3, 0.4) is 0 Å². The summed E-state index contributed by atoms with van der Waals surface area (Å²) >= 11 is 12.0. The van der Waals surface area contributed by atoms with E-state index in [2.05, 4.69) is 5.32 Å². The zero-order chi connectivity index (χ0) is 15.9. The second-order valence-corrected chi connectivity index (χ2v) is 5.24. The summed E-state index contributed by atoms with van der Waals surface area (Å²) in [7, 11) is 0. The molecule has 1 N–H and O–H groups in total. The first-order valence-electron chi connectivity index (χ1n) is 6.76. The van der Waals surface area contributed by atoms with Crippen molar-refractivity contribution in [2.24, 2.45) is 0 Å². The second kappa shape index (κ2) is 7.87. The lowest BCUT2D eigenvalue weighted by atomic mass is 10.2. The number of benzene rings is 2. The molecule has 0 spiro atoms. The molecule has 114 valence electrons. The van der Waals surface area contributed by atoms with Crippen LogP contribution in [0.15, 0.2) is 48.5 Å². The molecule has 0 fully saturated rings. The molecule has 3 nitrogen and oxygen atoms in total. The average molecular weight is 336 g/mol. The first-order chi connectivity index (χ1) is 10.6. The topological polar surface area (TPSA) is 38.3 Å². The van der Waals surface area contributed by atoms with Crippen LogP contribution in [0.25, 0.3) is 6.08 Å². The Labute approximate surface area is 139 Å². The van der Waals surface area contributed by atoms with Gasteiger partial charge in [-0.1, -0.05) is 41.4 Å². The molecule has 0 aliphatic heterocycles. The molecule has 0 saturated carbocycles. The van der Waals surface area contributed by atoms with Crippen LogP contribution in [-0.4, -0.2) is 12.5 Å². The van der Waals surface area contributed by atoms with Crippen LogP contribution in [0, 0.1) is 0 Å². The van der Waals surface area contributed by atoms with E-state index in [1.54, 1.807) is 24.3 Å². The highest BCUT2D eigenvalue weighted by atomic mass is 35.5. The van der Waals surface area contributed by atoms with Gasteiger partial charge in [-0.25, -0.2) is 0 Å². The predicted molar refractivity (Wildman–Crippen MR) is 91.7 cm³/mol. The van der Waals surface area contributed by atoms with Crippen LogP contribution in [0.4, 0.5) is 5.69 Å². The lowest BCUT2D eigenvalue weighted by Gasteiger charge is -2.06. The van der Waals surface area contributed by atoms with Gasteiger partial charge in [-0.2, -0.15) is 0 Å². The molecule has 2 rings (SSSR count). The van der Waals surface area contributed by atoms with E-state index in [4.69, 9.17) is 27.9 Å². The van der Waals surface area contributed by atoms with E-state index in [9.17, 15) is 4.79 Å². The maximum Gasteiger partial charge on any atom is 0.248 e. The molecule has 0 aliphatic carbocycles. The third-order valence-corrected chi connectivity index (χ3v) is 3.46. The highest BCUT2D eigenvalue weighted by molar-refractivity contribution is 6.39. The van der Waals surface area contributed by atoms with Gasteiger partial charge in [-0.15, -0.1) is 0 Å². The average Bonchev–Trinajstić information content (AvgIpc) is 2.51. The fourth-order valence-corrected chi connectivity index (χ4v) is 2.29. The van der Waals surface area contributed by atoms with Crippen LogP contribution < -0.4 is 10.1 Å². The van der Waals surface area contributed by atoms with Crippen molar-refractivity contribution < 1.29 is 9.53 Å². The minimum atomic E-state index is -0.302. The summed E-state index contributed by atoms with van der Waals surface area (Å²) < 4.78 is 5.36. The number of para-hydroxylation sites is 1. The Kier molecular flexibility index (Phi) is 5.87. The quantitative estimate of drug-likeness (QED) is 0.777. The first-order valence-corrected chi connectivity index (χ1v) is 7.51. The molecule has 0 aliphatic rings. The lowest BCUT2D eigenvalue weighted by molar-refractivity contribution is -0.111. The van der Waals surface area contributed by atoms with E-state index in [0.717, 1.165) is 11.3 Å². The molecule has 0 bridgehead atoms. The van der Waals surface area contributed by atoms with Crippen molar-refractivity contribution in [3.05, 3.63) is 64.1 Å². The summed E-state index contributed by atoms with van der Waals surface area (Å²) in [4.78, 5) is 11.9. The van der Waals surface area contributed by atoms with E-state index in [1.807, 2.05) is 31.2 Å². The molecule has 0 atom stereocenters. The number of carbonyl (C=O) groups excluding carboxylic acids is 1. The highest BCUT2D eigenvalue weighted by Crippen LogP contribution is 2.29. The first kappa shape index (κ1) is 16.4. The molecule has 2 aromatic carbocycles. The third-order valence-electron chi connectivity index (χ3n) is 2.83. The minimum Gasteiger partial charge on any atom is -0.494 e. The molecule has 0 aromatic heterocycles. The Morgan fingerprint density at radius 2 is 1.77 bits per heavy atom. The van der Waals surface area contributed by atoms with Gasteiger partial charge in [0.1, 0.15) is 5.75 Å². The summed E-state index contributed by atoms with van der Waals surface area (Å²) in [5.41, 5.74) is 1.30. The van der Waals surface area contributed by atoms with E-state index >= 15 is 0 Å². The number of ether oxygens (including phenoxy) is 1. The molecule has 0 heterocycles. The summed E-state index contributed by atoms with van der Waals surface area (Å²) in [5.74, 6) is 0.496. The van der Waals surface area contributed by atoms with Crippen molar-refractivity contribution in [2.45, 2.75) is 6.92 Å². The maximum atomic E-state index is 11.9. The summed E-state index contributed by atoms with van der Waals surface area (Å²) in [5, 5.41) is 3.46. The normalized spacial score (nSPS) is 10.7. The minimum absolute atomic E-state index is 0.302. The molecule has 1 amide bonds. The van der Waals surface area contributed by atoms with Gasteiger partial charge in [0.25, 0.3) is 0 Å². The molecular weight excluding hydrogens is 321 g/mol. The van der Waals surface area contributed by atoms with E-state index in [-0.39, 0.29) is 5.91 Å².